The zero-order valence-corrected chi connectivity index (χ0v) is 16.7. The SMILES string of the molecule is Cc1ccccc1-n1nc2c(c1NC(=O)c1ccc(Cl)cc1Cl)CS(=O)C2. The topological polar surface area (TPSA) is 64.0 Å². The molecule has 1 aromatic heterocycles. The molecule has 1 amide bonds. The van der Waals surface area contributed by atoms with E-state index in [1.54, 1.807) is 16.8 Å². The molecular formula is C19H15Cl2N3O2S. The van der Waals surface area contributed by atoms with E-state index in [1.165, 1.54) is 6.07 Å². The van der Waals surface area contributed by atoms with Gasteiger partial charge < -0.3 is 5.32 Å². The Morgan fingerprint density at radius 1 is 1.19 bits per heavy atom. The second kappa shape index (κ2) is 7.11. The average Bonchev–Trinajstić information content (AvgIpc) is 3.12. The van der Waals surface area contributed by atoms with Crippen molar-refractivity contribution in [3.63, 3.8) is 0 Å². The van der Waals surface area contributed by atoms with E-state index < -0.39 is 10.8 Å². The summed E-state index contributed by atoms with van der Waals surface area (Å²) in [5, 5.41) is 8.25. The predicted molar refractivity (Wildman–Crippen MR) is 108 cm³/mol. The molecule has 1 aliphatic rings. The second-order valence-corrected chi connectivity index (χ2v) is 8.58. The van der Waals surface area contributed by atoms with Crippen LogP contribution >= 0.6 is 23.2 Å². The van der Waals surface area contributed by atoms with Crippen molar-refractivity contribution in [2.45, 2.75) is 18.4 Å². The lowest BCUT2D eigenvalue weighted by Crippen LogP contribution is -2.17. The fraction of sp³-hybridized carbons (Fsp3) is 0.158. The lowest BCUT2D eigenvalue weighted by Gasteiger charge is -2.13. The summed E-state index contributed by atoms with van der Waals surface area (Å²) in [6.45, 7) is 1.97. The Kier molecular flexibility index (Phi) is 4.80. The van der Waals surface area contributed by atoms with Crippen molar-refractivity contribution in [2.75, 3.05) is 5.32 Å². The number of aromatic nitrogens is 2. The molecule has 4 rings (SSSR count). The number of halogens is 2. The zero-order chi connectivity index (χ0) is 19.1. The highest BCUT2D eigenvalue weighted by atomic mass is 35.5. The number of benzene rings is 2. The van der Waals surface area contributed by atoms with Crippen LogP contribution in [-0.2, 0) is 22.3 Å². The number of amides is 1. The van der Waals surface area contributed by atoms with Gasteiger partial charge >= 0.3 is 0 Å². The molecule has 27 heavy (non-hydrogen) atoms. The largest absolute Gasteiger partial charge is 0.306 e. The van der Waals surface area contributed by atoms with Crippen molar-refractivity contribution < 1.29 is 9.00 Å². The van der Waals surface area contributed by atoms with E-state index in [2.05, 4.69) is 10.4 Å². The van der Waals surface area contributed by atoms with Crippen LogP contribution in [0.15, 0.2) is 42.5 Å². The van der Waals surface area contributed by atoms with E-state index in [4.69, 9.17) is 23.2 Å². The van der Waals surface area contributed by atoms with Crippen molar-refractivity contribution in [3.05, 3.63) is 74.9 Å². The minimum absolute atomic E-state index is 0.266. The zero-order valence-electron chi connectivity index (χ0n) is 14.3. The Morgan fingerprint density at radius 3 is 2.70 bits per heavy atom. The Labute approximate surface area is 168 Å². The smallest absolute Gasteiger partial charge is 0.258 e. The van der Waals surface area contributed by atoms with Crippen molar-refractivity contribution >= 4 is 45.7 Å². The van der Waals surface area contributed by atoms with Crippen molar-refractivity contribution in [3.8, 4) is 5.69 Å². The summed E-state index contributed by atoms with van der Waals surface area (Å²) >= 11 is 12.1. The van der Waals surface area contributed by atoms with E-state index in [-0.39, 0.29) is 10.9 Å². The number of nitrogens with zero attached hydrogens (tertiary/aromatic N) is 2. The molecule has 0 fully saturated rings. The normalized spacial score (nSPS) is 15.6. The van der Waals surface area contributed by atoms with E-state index in [9.17, 15) is 9.00 Å². The number of aryl methyl sites for hydroxylation is 1. The number of nitrogens with one attached hydrogen (secondary N) is 1. The van der Waals surface area contributed by atoms with Gasteiger partial charge in [-0.3, -0.25) is 9.00 Å². The third kappa shape index (κ3) is 3.40. The molecule has 0 saturated heterocycles. The van der Waals surface area contributed by atoms with Crippen molar-refractivity contribution in [1.82, 2.24) is 9.78 Å². The van der Waals surface area contributed by atoms with Gasteiger partial charge in [0.25, 0.3) is 5.91 Å². The Balaban J connectivity index is 1.79. The van der Waals surface area contributed by atoms with Gasteiger partial charge in [0.1, 0.15) is 5.82 Å². The summed E-state index contributed by atoms with van der Waals surface area (Å²) in [6.07, 6.45) is 0. The van der Waals surface area contributed by atoms with E-state index >= 15 is 0 Å². The lowest BCUT2D eigenvalue weighted by molar-refractivity contribution is 0.102. The predicted octanol–water partition coefficient (Wildman–Crippen LogP) is 4.50. The number of hydrogen-bond acceptors (Lipinski definition) is 3. The third-order valence-corrected chi connectivity index (χ3v) is 6.17. The number of carbonyl (C=O) groups is 1. The Morgan fingerprint density at radius 2 is 1.96 bits per heavy atom. The highest BCUT2D eigenvalue weighted by molar-refractivity contribution is 7.83. The monoisotopic (exact) mass is 419 g/mol. The van der Waals surface area contributed by atoms with Crippen LogP contribution in [0.4, 0.5) is 5.82 Å². The van der Waals surface area contributed by atoms with Crippen LogP contribution in [0.2, 0.25) is 10.0 Å². The molecule has 5 nitrogen and oxygen atoms in total. The number of carbonyl (C=O) groups excluding carboxylic acids is 1. The second-order valence-electron chi connectivity index (χ2n) is 6.28. The molecule has 8 heteroatoms. The van der Waals surface area contributed by atoms with Gasteiger partial charge in [-0.1, -0.05) is 41.4 Å². The number of fused-ring (bicyclic) bond motifs is 1. The van der Waals surface area contributed by atoms with Crippen LogP contribution in [-0.4, -0.2) is 19.9 Å². The summed E-state index contributed by atoms with van der Waals surface area (Å²) < 4.78 is 13.7. The molecule has 1 N–H and O–H groups in total. The molecule has 1 atom stereocenters. The van der Waals surface area contributed by atoms with Gasteiger partial charge in [-0.25, -0.2) is 4.68 Å². The van der Waals surface area contributed by atoms with Gasteiger partial charge in [-0.05, 0) is 36.8 Å². The minimum Gasteiger partial charge on any atom is -0.306 e. The maximum atomic E-state index is 12.8. The number of rotatable bonds is 3. The molecule has 0 bridgehead atoms. The lowest BCUT2D eigenvalue weighted by atomic mass is 10.2. The fourth-order valence-corrected chi connectivity index (χ4v) is 4.84. The van der Waals surface area contributed by atoms with Gasteiger partial charge in [-0.15, -0.1) is 0 Å². The van der Waals surface area contributed by atoms with Crippen LogP contribution in [0, 0.1) is 6.92 Å². The Hall–Kier alpha value is -2.15. The average molecular weight is 420 g/mol. The molecule has 0 radical (unpaired) electrons. The molecule has 0 spiro atoms. The summed E-state index contributed by atoms with van der Waals surface area (Å²) in [5.41, 5.74) is 3.73. The summed E-state index contributed by atoms with van der Waals surface area (Å²) in [4.78, 5) is 12.8. The summed E-state index contributed by atoms with van der Waals surface area (Å²) in [5.74, 6) is 0.914. The first-order chi connectivity index (χ1) is 12.9. The van der Waals surface area contributed by atoms with Gasteiger partial charge in [0.15, 0.2) is 0 Å². The molecule has 3 aromatic rings. The summed E-state index contributed by atoms with van der Waals surface area (Å²) in [6, 6.07) is 12.5. The number of hydrogen-bond donors (Lipinski definition) is 1. The first-order valence-corrected chi connectivity index (χ1v) is 10.5. The number of anilines is 1. The molecule has 2 heterocycles. The van der Waals surface area contributed by atoms with Crippen molar-refractivity contribution in [2.24, 2.45) is 0 Å². The van der Waals surface area contributed by atoms with Crippen LogP contribution in [0.1, 0.15) is 27.2 Å². The summed E-state index contributed by atoms with van der Waals surface area (Å²) in [7, 11) is -1.01. The molecule has 138 valence electrons. The van der Waals surface area contributed by atoms with Crippen LogP contribution in [0.3, 0.4) is 0 Å². The van der Waals surface area contributed by atoms with Crippen molar-refractivity contribution in [1.29, 1.82) is 0 Å². The van der Waals surface area contributed by atoms with Crippen LogP contribution in [0.5, 0.6) is 0 Å². The van der Waals surface area contributed by atoms with E-state index in [0.717, 1.165) is 22.5 Å². The Bertz CT molecular complexity index is 1090. The van der Waals surface area contributed by atoms with E-state index in [0.29, 0.717) is 27.9 Å². The highest BCUT2D eigenvalue weighted by Gasteiger charge is 2.29. The first-order valence-electron chi connectivity index (χ1n) is 8.22. The molecule has 0 saturated carbocycles. The maximum absolute atomic E-state index is 12.8. The van der Waals surface area contributed by atoms with Gasteiger partial charge in [0.05, 0.1) is 33.5 Å². The standard InChI is InChI=1S/C19H15Cl2N3O2S/c1-11-4-2-3-5-17(11)24-18(14-9-27(26)10-16(14)23-24)22-19(25)13-7-6-12(20)8-15(13)21/h2-8H,9-10H2,1H3,(H,22,25). The van der Waals surface area contributed by atoms with Gasteiger partial charge in [0.2, 0.25) is 0 Å². The van der Waals surface area contributed by atoms with Gasteiger partial charge in [0, 0.05) is 21.4 Å². The number of para-hydroxylation sites is 1. The highest BCUT2D eigenvalue weighted by Crippen LogP contribution is 2.33. The molecule has 0 aliphatic carbocycles. The third-order valence-electron chi connectivity index (χ3n) is 4.42. The maximum Gasteiger partial charge on any atom is 0.258 e. The minimum atomic E-state index is -1.01. The molecule has 2 aromatic carbocycles. The fourth-order valence-electron chi connectivity index (χ4n) is 3.08. The van der Waals surface area contributed by atoms with E-state index in [1.807, 2.05) is 31.2 Å². The molecule has 1 unspecified atom stereocenters. The first kappa shape index (κ1) is 18.2. The molecule has 1 aliphatic heterocycles. The van der Waals surface area contributed by atoms with Crippen LogP contribution in [0.25, 0.3) is 5.69 Å². The molecular weight excluding hydrogens is 405 g/mol. The quantitative estimate of drug-likeness (QED) is 0.679. The van der Waals surface area contributed by atoms with Crippen LogP contribution < -0.4 is 5.32 Å². The van der Waals surface area contributed by atoms with Gasteiger partial charge in [-0.2, -0.15) is 5.10 Å².